The highest BCUT2D eigenvalue weighted by Crippen LogP contribution is 2.45. The first-order chi connectivity index (χ1) is 8.25. The van der Waals surface area contributed by atoms with E-state index >= 15 is 0 Å². The van der Waals surface area contributed by atoms with Crippen LogP contribution in [0.3, 0.4) is 0 Å². The van der Waals surface area contributed by atoms with Crippen molar-refractivity contribution < 1.29 is 4.42 Å². The van der Waals surface area contributed by atoms with Gasteiger partial charge in [0, 0.05) is 17.0 Å². The largest absolute Gasteiger partial charge is 0.422 e. The molecule has 84 valence electrons. The zero-order valence-electron chi connectivity index (χ0n) is 9.27. The van der Waals surface area contributed by atoms with Gasteiger partial charge in [0.05, 0.1) is 11.5 Å². The van der Waals surface area contributed by atoms with E-state index in [-0.39, 0.29) is 5.63 Å². The fourth-order valence-electron chi connectivity index (χ4n) is 2.44. The third-order valence-corrected chi connectivity index (χ3v) is 3.58. The topological polar surface area (TPSA) is 54.0 Å². The fourth-order valence-corrected chi connectivity index (χ4v) is 2.44. The van der Waals surface area contributed by atoms with Crippen molar-refractivity contribution >= 4 is 11.0 Å². The van der Waals surface area contributed by atoms with Crippen molar-refractivity contribution in [1.29, 1.82) is 5.26 Å². The van der Waals surface area contributed by atoms with Crippen LogP contribution < -0.4 is 5.63 Å². The number of hydrogen-bond donors (Lipinski definition) is 0. The van der Waals surface area contributed by atoms with E-state index < -0.39 is 5.41 Å². The minimum absolute atomic E-state index is 0.364. The number of rotatable bonds is 1. The van der Waals surface area contributed by atoms with Crippen LogP contribution in [-0.2, 0) is 5.41 Å². The van der Waals surface area contributed by atoms with Crippen molar-refractivity contribution in [3.63, 3.8) is 0 Å². The molecule has 0 amide bonds. The number of nitrogens with zero attached hydrogens (tertiary/aromatic N) is 1. The van der Waals surface area contributed by atoms with Crippen LogP contribution in [0.25, 0.3) is 11.0 Å². The first-order valence-electron chi connectivity index (χ1n) is 5.70. The highest BCUT2D eigenvalue weighted by Gasteiger charge is 2.40. The molecule has 0 unspecified atom stereocenters. The Hall–Kier alpha value is -2.08. The zero-order chi connectivity index (χ0) is 11.9. The van der Waals surface area contributed by atoms with E-state index in [1.165, 1.54) is 6.07 Å². The molecule has 1 aromatic heterocycles. The molecular formula is C14H11NO2. The van der Waals surface area contributed by atoms with Crippen molar-refractivity contribution in [2.45, 2.75) is 24.7 Å². The lowest BCUT2D eigenvalue weighted by molar-refractivity contribution is 0.322. The van der Waals surface area contributed by atoms with Crippen LogP contribution in [0.2, 0.25) is 0 Å². The van der Waals surface area contributed by atoms with Gasteiger partial charge < -0.3 is 4.42 Å². The Morgan fingerprint density at radius 2 is 2.06 bits per heavy atom. The summed E-state index contributed by atoms with van der Waals surface area (Å²) >= 11 is 0. The standard InChI is InChI=1S/C14H11NO2/c15-9-14(7-2-8-14)11-4-1-3-10-5-6-12(16)17-13(10)11/h1,3-6H,2,7-8H2. The molecule has 0 spiro atoms. The molecule has 1 fully saturated rings. The summed E-state index contributed by atoms with van der Waals surface area (Å²) in [6.45, 7) is 0. The predicted molar refractivity (Wildman–Crippen MR) is 63.6 cm³/mol. The Kier molecular flexibility index (Phi) is 2.05. The van der Waals surface area contributed by atoms with Crippen molar-refractivity contribution in [3.05, 3.63) is 46.3 Å². The summed E-state index contributed by atoms with van der Waals surface area (Å²) in [7, 11) is 0. The number of para-hydroxylation sites is 1. The Labute approximate surface area is 98.3 Å². The molecule has 3 rings (SSSR count). The molecule has 17 heavy (non-hydrogen) atoms. The molecule has 0 atom stereocenters. The summed E-state index contributed by atoms with van der Waals surface area (Å²) in [5, 5.41) is 10.2. The molecular weight excluding hydrogens is 214 g/mol. The zero-order valence-corrected chi connectivity index (χ0v) is 9.27. The molecule has 0 saturated heterocycles. The highest BCUT2D eigenvalue weighted by atomic mass is 16.4. The number of fused-ring (bicyclic) bond motifs is 1. The van der Waals surface area contributed by atoms with Crippen LogP contribution in [0.15, 0.2) is 39.5 Å². The number of hydrogen-bond acceptors (Lipinski definition) is 3. The Morgan fingerprint density at radius 1 is 1.24 bits per heavy atom. The average Bonchev–Trinajstić information content (AvgIpc) is 2.29. The van der Waals surface area contributed by atoms with Crippen molar-refractivity contribution in [3.8, 4) is 6.07 Å². The van der Waals surface area contributed by atoms with Gasteiger partial charge in [0.25, 0.3) is 0 Å². The molecule has 3 heteroatoms. The fraction of sp³-hybridized carbons (Fsp3) is 0.286. The van der Waals surface area contributed by atoms with E-state index in [4.69, 9.17) is 4.42 Å². The van der Waals surface area contributed by atoms with Gasteiger partial charge in [-0.3, -0.25) is 0 Å². The second kappa shape index (κ2) is 3.46. The summed E-state index contributed by atoms with van der Waals surface area (Å²) in [6.07, 6.45) is 2.75. The van der Waals surface area contributed by atoms with Gasteiger partial charge >= 0.3 is 5.63 Å². The summed E-state index contributed by atoms with van der Waals surface area (Å²) in [5.41, 5.74) is 0.622. The van der Waals surface area contributed by atoms with Gasteiger partial charge in [-0.1, -0.05) is 18.2 Å². The summed E-state index contributed by atoms with van der Waals surface area (Å²) in [6, 6.07) is 11.2. The minimum atomic E-state index is -0.448. The second-order valence-corrected chi connectivity index (χ2v) is 4.53. The summed E-state index contributed by atoms with van der Waals surface area (Å²) in [4.78, 5) is 11.3. The van der Waals surface area contributed by atoms with E-state index in [0.717, 1.165) is 30.2 Å². The highest BCUT2D eigenvalue weighted by molar-refractivity contribution is 5.81. The first kappa shape index (κ1) is 10.1. The molecule has 1 saturated carbocycles. The lowest BCUT2D eigenvalue weighted by Crippen LogP contribution is -2.32. The lowest BCUT2D eigenvalue weighted by atomic mass is 9.65. The molecule has 1 heterocycles. The average molecular weight is 225 g/mol. The molecule has 0 radical (unpaired) electrons. The van der Waals surface area contributed by atoms with Gasteiger partial charge in [-0.25, -0.2) is 4.79 Å². The summed E-state index contributed by atoms with van der Waals surface area (Å²) < 4.78 is 5.27. The molecule has 1 aliphatic rings. The van der Waals surface area contributed by atoms with E-state index in [1.54, 1.807) is 6.07 Å². The van der Waals surface area contributed by atoms with Crippen LogP contribution in [0.1, 0.15) is 24.8 Å². The van der Waals surface area contributed by atoms with Crippen molar-refractivity contribution in [2.24, 2.45) is 0 Å². The molecule has 1 aromatic carbocycles. The SMILES string of the molecule is N#CC1(c2cccc3ccc(=O)oc23)CCC1. The Morgan fingerprint density at radius 3 is 2.71 bits per heavy atom. The van der Waals surface area contributed by atoms with Crippen LogP contribution in [-0.4, -0.2) is 0 Å². The van der Waals surface area contributed by atoms with Crippen LogP contribution >= 0.6 is 0 Å². The third-order valence-electron chi connectivity index (χ3n) is 3.58. The minimum Gasteiger partial charge on any atom is -0.422 e. The van der Waals surface area contributed by atoms with Crippen LogP contribution in [0.4, 0.5) is 0 Å². The van der Waals surface area contributed by atoms with Gasteiger partial charge in [-0.05, 0) is 25.3 Å². The Balaban J connectivity index is 2.33. The van der Waals surface area contributed by atoms with E-state index in [0.29, 0.717) is 5.58 Å². The number of nitriles is 1. The predicted octanol–water partition coefficient (Wildman–Crippen LogP) is 2.74. The van der Waals surface area contributed by atoms with Crippen LogP contribution in [0, 0.1) is 11.3 Å². The maximum atomic E-state index is 11.3. The normalized spacial score (nSPS) is 17.4. The number of benzene rings is 1. The molecule has 2 aromatic rings. The van der Waals surface area contributed by atoms with Gasteiger partial charge in [0.1, 0.15) is 5.58 Å². The molecule has 0 bridgehead atoms. The molecule has 1 aliphatic carbocycles. The van der Waals surface area contributed by atoms with Gasteiger partial charge in [-0.15, -0.1) is 0 Å². The monoisotopic (exact) mass is 225 g/mol. The van der Waals surface area contributed by atoms with Gasteiger partial charge in [0.2, 0.25) is 0 Å². The van der Waals surface area contributed by atoms with Crippen molar-refractivity contribution in [1.82, 2.24) is 0 Å². The van der Waals surface area contributed by atoms with Gasteiger partial charge in [0.15, 0.2) is 0 Å². The lowest BCUT2D eigenvalue weighted by Gasteiger charge is -2.35. The quantitative estimate of drug-likeness (QED) is 0.701. The summed E-state index contributed by atoms with van der Waals surface area (Å²) in [5.74, 6) is 0. The van der Waals surface area contributed by atoms with Crippen molar-refractivity contribution in [2.75, 3.05) is 0 Å². The third kappa shape index (κ3) is 1.38. The Bertz CT molecular complexity index is 674. The first-order valence-corrected chi connectivity index (χ1v) is 5.70. The van der Waals surface area contributed by atoms with Crippen LogP contribution in [0.5, 0.6) is 0 Å². The van der Waals surface area contributed by atoms with E-state index in [2.05, 4.69) is 6.07 Å². The van der Waals surface area contributed by atoms with E-state index in [9.17, 15) is 10.1 Å². The molecule has 0 N–H and O–H groups in total. The maximum absolute atomic E-state index is 11.3. The second-order valence-electron chi connectivity index (χ2n) is 4.53. The van der Waals surface area contributed by atoms with Gasteiger partial charge in [-0.2, -0.15) is 5.26 Å². The molecule has 3 nitrogen and oxygen atoms in total. The van der Waals surface area contributed by atoms with E-state index in [1.807, 2.05) is 18.2 Å². The molecule has 0 aliphatic heterocycles. The smallest absolute Gasteiger partial charge is 0.336 e. The maximum Gasteiger partial charge on any atom is 0.336 e.